The molecular weight excluding hydrogens is 488 g/mol. The molecule has 0 aliphatic heterocycles. The molecule has 10 nitrogen and oxygen atoms in total. The number of furan rings is 1. The SMILES string of the molecule is CCOC(=O)c1cc2c(=O)n3cccc(C)c3nc2n(Cc2ccco2)c1=NC(=O)c1cccc(OC)c1. The number of esters is 1. The number of amides is 1. The molecule has 0 aliphatic carbocycles. The first-order chi connectivity index (χ1) is 18.4. The van der Waals surface area contributed by atoms with E-state index >= 15 is 0 Å². The molecule has 1 aromatic carbocycles. The predicted molar refractivity (Wildman–Crippen MR) is 138 cm³/mol. The average molecular weight is 513 g/mol. The van der Waals surface area contributed by atoms with Crippen molar-refractivity contribution in [3.63, 3.8) is 0 Å². The maximum atomic E-state index is 13.6. The van der Waals surface area contributed by atoms with Gasteiger partial charge in [-0.25, -0.2) is 9.78 Å². The van der Waals surface area contributed by atoms with Crippen molar-refractivity contribution in [3.05, 3.63) is 105 Å². The van der Waals surface area contributed by atoms with Crippen molar-refractivity contribution in [2.45, 2.75) is 20.4 Å². The molecule has 38 heavy (non-hydrogen) atoms. The lowest BCUT2D eigenvalue weighted by Crippen LogP contribution is -2.33. The zero-order chi connectivity index (χ0) is 26.8. The summed E-state index contributed by atoms with van der Waals surface area (Å²) in [5, 5.41) is 0.162. The number of aromatic nitrogens is 3. The van der Waals surface area contributed by atoms with Gasteiger partial charge >= 0.3 is 5.97 Å². The van der Waals surface area contributed by atoms with Crippen molar-refractivity contribution in [2.24, 2.45) is 4.99 Å². The van der Waals surface area contributed by atoms with Crippen molar-refractivity contribution in [3.8, 4) is 5.75 Å². The van der Waals surface area contributed by atoms with Crippen LogP contribution in [0.25, 0.3) is 16.7 Å². The standard InChI is InChI=1S/C28H24N4O6/c1-4-37-28(35)22-15-21-24(29-23-17(2)8-6-12-31(23)27(21)34)32(16-20-11-7-13-38-20)25(22)30-26(33)18-9-5-10-19(14-18)36-3/h5-15H,4,16H2,1-3H3. The number of hydrogen-bond acceptors (Lipinski definition) is 7. The highest BCUT2D eigenvalue weighted by Crippen LogP contribution is 2.17. The molecule has 0 saturated carbocycles. The average Bonchev–Trinajstić information content (AvgIpc) is 3.44. The number of carbonyl (C=O) groups is 2. The molecule has 4 aromatic heterocycles. The van der Waals surface area contributed by atoms with Crippen LogP contribution in [-0.2, 0) is 11.3 Å². The van der Waals surface area contributed by atoms with Crippen molar-refractivity contribution in [1.82, 2.24) is 14.0 Å². The fourth-order valence-electron chi connectivity index (χ4n) is 4.19. The summed E-state index contributed by atoms with van der Waals surface area (Å²) in [6.45, 7) is 3.65. The van der Waals surface area contributed by atoms with E-state index in [4.69, 9.17) is 18.9 Å². The van der Waals surface area contributed by atoms with Gasteiger partial charge in [0.25, 0.3) is 11.5 Å². The van der Waals surface area contributed by atoms with Crippen LogP contribution in [0.4, 0.5) is 0 Å². The lowest BCUT2D eigenvalue weighted by molar-refractivity contribution is 0.0523. The fraction of sp³-hybridized carbons (Fsp3) is 0.179. The third kappa shape index (κ3) is 4.47. The Hall–Kier alpha value is -4.99. The number of methoxy groups -OCH3 is 1. The van der Waals surface area contributed by atoms with Crippen molar-refractivity contribution >= 4 is 28.6 Å². The van der Waals surface area contributed by atoms with Crippen LogP contribution < -0.4 is 15.8 Å². The van der Waals surface area contributed by atoms with Gasteiger partial charge in [-0.3, -0.25) is 14.0 Å². The van der Waals surface area contributed by atoms with E-state index in [1.54, 1.807) is 55.6 Å². The normalized spacial score (nSPS) is 11.7. The number of nitrogens with zero attached hydrogens (tertiary/aromatic N) is 4. The van der Waals surface area contributed by atoms with Crippen LogP contribution in [0, 0.1) is 6.92 Å². The maximum Gasteiger partial charge on any atom is 0.341 e. The summed E-state index contributed by atoms with van der Waals surface area (Å²) in [7, 11) is 1.50. The van der Waals surface area contributed by atoms with Crippen molar-refractivity contribution in [2.75, 3.05) is 13.7 Å². The molecular formula is C28H24N4O6. The van der Waals surface area contributed by atoms with E-state index in [1.165, 1.54) is 28.4 Å². The summed E-state index contributed by atoms with van der Waals surface area (Å²) >= 11 is 0. The van der Waals surface area contributed by atoms with Gasteiger partial charge in [0.1, 0.15) is 28.4 Å². The number of pyridine rings is 2. The van der Waals surface area contributed by atoms with Crippen LogP contribution >= 0.6 is 0 Å². The molecule has 192 valence electrons. The highest BCUT2D eigenvalue weighted by atomic mass is 16.5. The Balaban J connectivity index is 1.90. The maximum absolute atomic E-state index is 13.6. The molecule has 0 bridgehead atoms. The smallest absolute Gasteiger partial charge is 0.341 e. The summed E-state index contributed by atoms with van der Waals surface area (Å²) in [6, 6.07) is 14.9. The second kappa shape index (κ2) is 10.2. The molecule has 0 radical (unpaired) electrons. The van der Waals surface area contributed by atoms with E-state index in [1.807, 2.05) is 13.0 Å². The minimum Gasteiger partial charge on any atom is -0.497 e. The first-order valence-corrected chi connectivity index (χ1v) is 11.9. The van der Waals surface area contributed by atoms with Crippen molar-refractivity contribution in [1.29, 1.82) is 0 Å². The van der Waals surface area contributed by atoms with Gasteiger partial charge in [0.15, 0.2) is 5.49 Å². The summed E-state index contributed by atoms with van der Waals surface area (Å²) in [5.74, 6) is -0.353. The molecule has 10 heteroatoms. The molecule has 1 amide bonds. The molecule has 5 aromatic rings. The number of rotatable bonds is 6. The molecule has 0 unspecified atom stereocenters. The molecule has 0 N–H and O–H groups in total. The number of hydrogen-bond donors (Lipinski definition) is 0. The number of ether oxygens (including phenoxy) is 2. The summed E-state index contributed by atoms with van der Waals surface area (Å²) in [5.41, 5.74) is 1.28. The Morgan fingerprint density at radius 2 is 1.92 bits per heavy atom. The van der Waals surface area contributed by atoms with Crippen LogP contribution in [0.3, 0.4) is 0 Å². The second-order valence-electron chi connectivity index (χ2n) is 8.46. The van der Waals surface area contributed by atoms with Crippen LogP contribution in [0.2, 0.25) is 0 Å². The first kappa shape index (κ1) is 24.7. The summed E-state index contributed by atoms with van der Waals surface area (Å²) in [6.07, 6.45) is 3.12. The quantitative estimate of drug-likeness (QED) is 0.252. The molecule has 0 spiro atoms. The Morgan fingerprint density at radius 3 is 2.66 bits per heavy atom. The summed E-state index contributed by atoms with van der Waals surface area (Å²) < 4.78 is 19.0. The Kier molecular flexibility index (Phi) is 6.61. The lowest BCUT2D eigenvalue weighted by Gasteiger charge is -2.15. The zero-order valence-corrected chi connectivity index (χ0v) is 21.0. The monoisotopic (exact) mass is 512 g/mol. The van der Waals surface area contributed by atoms with Gasteiger partial charge in [0.05, 0.1) is 31.9 Å². The second-order valence-corrected chi connectivity index (χ2v) is 8.46. The van der Waals surface area contributed by atoms with E-state index in [2.05, 4.69) is 4.99 Å². The largest absolute Gasteiger partial charge is 0.497 e. The van der Waals surface area contributed by atoms with E-state index in [0.29, 0.717) is 17.2 Å². The number of benzene rings is 1. The fourth-order valence-corrected chi connectivity index (χ4v) is 4.19. The third-order valence-corrected chi connectivity index (χ3v) is 6.02. The Bertz CT molecular complexity index is 1820. The highest BCUT2D eigenvalue weighted by Gasteiger charge is 2.21. The molecule has 5 rings (SSSR count). The molecule has 0 aliphatic rings. The highest BCUT2D eigenvalue weighted by molar-refractivity contribution is 5.97. The van der Waals surface area contributed by atoms with Gasteiger partial charge < -0.3 is 18.5 Å². The number of aryl methyl sites for hydroxylation is 1. The van der Waals surface area contributed by atoms with Crippen LogP contribution in [-0.4, -0.2) is 39.5 Å². The van der Waals surface area contributed by atoms with E-state index in [0.717, 1.165) is 5.56 Å². The van der Waals surface area contributed by atoms with Crippen LogP contribution in [0.1, 0.15) is 39.0 Å². The minimum absolute atomic E-state index is 0.00926. The van der Waals surface area contributed by atoms with E-state index < -0.39 is 11.9 Å². The molecule has 0 saturated heterocycles. The van der Waals surface area contributed by atoms with Crippen LogP contribution in [0.15, 0.2) is 81.3 Å². The van der Waals surface area contributed by atoms with Gasteiger partial charge in [0, 0.05) is 11.8 Å². The lowest BCUT2D eigenvalue weighted by atomic mass is 10.2. The number of carbonyl (C=O) groups excluding carboxylic acids is 2. The van der Waals surface area contributed by atoms with Gasteiger partial charge in [-0.15, -0.1) is 0 Å². The topological polar surface area (TPSA) is 117 Å². The van der Waals surface area contributed by atoms with E-state index in [-0.39, 0.29) is 46.4 Å². The number of fused-ring (bicyclic) bond motifs is 2. The minimum atomic E-state index is -0.728. The third-order valence-electron chi connectivity index (χ3n) is 6.02. The van der Waals surface area contributed by atoms with Gasteiger partial charge in [-0.05, 0) is 61.9 Å². The first-order valence-electron chi connectivity index (χ1n) is 11.9. The van der Waals surface area contributed by atoms with Crippen LogP contribution in [0.5, 0.6) is 5.75 Å². The Labute approximate surface area is 216 Å². The zero-order valence-electron chi connectivity index (χ0n) is 21.0. The van der Waals surface area contributed by atoms with Gasteiger partial charge in [-0.1, -0.05) is 12.1 Å². The molecule has 0 atom stereocenters. The molecule has 4 heterocycles. The Morgan fingerprint density at radius 1 is 1.08 bits per heavy atom. The van der Waals surface area contributed by atoms with Gasteiger partial charge in [0.2, 0.25) is 0 Å². The predicted octanol–water partition coefficient (Wildman–Crippen LogP) is 3.53. The summed E-state index contributed by atoms with van der Waals surface area (Å²) in [4.78, 5) is 49.2. The van der Waals surface area contributed by atoms with Crippen molar-refractivity contribution < 1.29 is 23.5 Å². The van der Waals surface area contributed by atoms with Gasteiger partial charge in [-0.2, -0.15) is 4.99 Å². The van der Waals surface area contributed by atoms with E-state index in [9.17, 15) is 14.4 Å². The molecule has 0 fully saturated rings.